The summed E-state index contributed by atoms with van der Waals surface area (Å²) in [5.74, 6) is -0.832. The molecule has 0 aromatic carbocycles. The Bertz CT molecular complexity index is 182. The van der Waals surface area contributed by atoms with E-state index in [0.717, 1.165) is 0 Å². The molecule has 0 amide bonds. The molecule has 0 saturated carbocycles. The van der Waals surface area contributed by atoms with E-state index in [2.05, 4.69) is 20.5 Å². The van der Waals surface area contributed by atoms with E-state index in [1.165, 1.54) is 0 Å². The fourth-order valence-electron chi connectivity index (χ4n) is 0.772. The largest absolute Gasteiger partial charge is 0.469 e. The first-order valence-electron chi connectivity index (χ1n) is 3.66. The minimum absolute atomic E-state index is 0.194. The van der Waals surface area contributed by atoms with E-state index in [0.29, 0.717) is 0 Å². The Hall–Kier alpha value is -0.0100. The van der Waals surface area contributed by atoms with Gasteiger partial charge in [0.05, 0.1) is 0 Å². The van der Waals surface area contributed by atoms with E-state index in [-0.39, 0.29) is 6.61 Å². The van der Waals surface area contributed by atoms with Crippen LogP contribution in [-0.2, 0) is 9.09 Å². The molecule has 0 heterocycles. The van der Waals surface area contributed by atoms with Gasteiger partial charge in [-0.3, -0.25) is 20.5 Å². The third-order valence-corrected chi connectivity index (χ3v) is 2.20. The van der Waals surface area contributed by atoms with E-state index in [9.17, 15) is 4.57 Å². The highest BCUT2D eigenvalue weighted by Gasteiger charge is 2.28. The summed E-state index contributed by atoms with van der Waals surface area (Å²) in [7, 11) is 0.483. The van der Waals surface area contributed by atoms with Crippen molar-refractivity contribution in [2.45, 2.75) is 5.79 Å². The smallest absolute Gasteiger partial charge is 0.303 e. The van der Waals surface area contributed by atoms with Gasteiger partial charge in [0.25, 0.3) is 0 Å². The van der Waals surface area contributed by atoms with Gasteiger partial charge < -0.3 is 9.79 Å². The molecule has 0 aliphatic carbocycles. The molecule has 8 heteroatoms. The van der Waals surface area contributed by atoms with E-state index in [1.807, 2.05) is 0 Å². The number of hydrogen-bond acceptors (Lipinski definition) is 5. The molecule has 7 nitrogen and oxygen atoms in total. The molecule has 80 valence electrons. The molecule has 0 radical (unpaired) electrons. The van der Waals surface area contributed by atoms with Gasteiger partial charge in [-0.25, -0.2) is 4.57 Å². The van der Waals surface area contributed by atoms with Crippen LogP contribution >= 0.6 is 7.82 Å². The second kappa shape index (κ2) is 5.02. The highest BCUT2D eigenvalue weighted by atomic mass is 31.2. The van der Waals surface area contributed by atoms with Crippen LogP contribution in [0.25, 0.3) is 0 Å². The first kappa shape index (κ1) is 13.0. The van der Waals surface area contributed by atoms with Crippen molar-refractivity contribution in [2.75, 3.05) is 27.7 Å². The predicted molar refractivity (Wildman–Crippen MR) is 47.9 cm³/mol. The zero-order chi connectivity index (χ0) is 10.5. The fourth-order valence-corrected chi connectivity index (χ4v) is 1.13. The summed E-state index contributed by atoms with van der Waals surface area (Å²) in [6.07, 6.45) is 0. The van der Waals surface area contributed by atoms with Crippen molar-refractivity contribution in [2.24, 2.45) is 0 Å². The van der Waals surface area contributed by atoms with Crippen molar-refractivity contribution < 1.29 is 18.9 Å². The Kier molecular flexibility index (Phi) is 5.01. The summed E-state index contributed by atoms with van der Waals surface area (Å²) in [5, 5.41) is 8.39. The molecular formula is C5H16N3O4P. The summed E-state index contributed by atoms with van der Waals surface area (Å²) >= 11 is 0. The molecule has 0 aliphatic rings. The first-order valence-corrected chi connectivity index (χ1v) is 5.19. The maximum absolute atomic E-state index is 10.4. The minimum atomic E-state index is -4.42. The van der Waals surface area contributed by atoms with E-state index in [1.54, 1.807) is 21.1 Å². The van der Waals surface area contributed by atoms with Crippen molar-refractivity contribution >= 4 is 7.82 Å². The van der Waals surface area contributed by atoms with Gasteiger partial charge in [-0.2, -0.15) is 0 Å². The standard InChI is InChI=1S/C5H16N3O4P/c1-6-5(7-2,8-3)4-12-13(9,10)11/h6-8H,4H2,1-3H3,(H2,9,10,11). The molecule has 0 atom stereocenters. The zero-order valence-electron chi connectivity index (χ0n) is 7.87. The quantitative estimate of drug-likeness (QED) is 0.267. The molecule has 0 fully saturated rings. The number of phosphoric ester groups is 1. The third kappa shape index (κ3) is 4.68. The van der Waals surface area contributed by atoms with Crippen LogP contribution in [0.15, 0.2) is 0 Å². The Labute approximate surface area is 77.1 Å². The monoisotopic (exact) mass is 213 g/mol. The van der Waals surface area contributed by atoms with Gasteiger partial charge in [0.2, 0.25) is 0 Å². The second-order valence-corrected chi connectivity index (χ2v) is 3.66. The molecule has 0 aliphatic heterocycles. The lowest BCUT2D eigenvalue weighted by Gasteiger charge is -2.32. The highest BCUT2D eigenvalue weighted by Crippen LogP contribution is 2.36. The molecule has 0 bridgehead atoms. The van der Waals surface area contributed by atoms with Crippen LogP contribution in [0.1, 0.15) is 0 Å². The number of likely N-dealkylation sites (N-methyl/N-ethyl adjacent to an activating group) is 3. The van der Waals surface area contributed by atoms with Gasteiger partial charge in [0, 0.05) is 0 Å². The summed E-state index contributed by atoms with van der Waals surface area (Å²) in [4.78, 5) is 16.9. The average molecular weight is 213 g/mol. The van der Waals surface area contributed by atoms with Gasteiger partial charge in [0.15, 0.2) is 0 Å². The molecule has 0 saturated heterocycles. The van der Waals surface area contributed by atoms with Crippen LogP contribution in [0.5, 0.6) is 0 Å². The predicted octanol–water partition coefficient (Wildman–Crippen LogP) is -1.59. The molecule has 0 aromatic rings. The van der Waals surface area contributed by atoms with Crippen molar-refractivity contribution in [1.29, 1.82) is 0 Å². The SMILES string of the molecule is CNC(COP(=O)(O)O)(NC)NC. The van der Waals surface area contributed by atoms with Crippen LogP contribution in [0.4, 0.5) is 0 Å². The lowest BCUT2D eigenvalue weighted by molar-refractivity contribution is 0.102. The third-order valence-electron chi connectivity index (χ3n) is 1.73. The van der Waals surface area contributed by atoms with E-state index in [4.69, 9.17) is 9.79 Å². The Morgan fingerprint density at radius 2 is 1.62 bits per heavy atom. The summed E-state index contributed by atoms with van der Waals surface area (Å²) in [6.45, 7) is -0.194. The molecule has 0 aromatic heterocycles. The van der Waals surface area contributed by atoms with Crippen LogP contribution in [0.2, 0.25) is 0 Å². The van der Waals surface area contributed by atoms with Crippen molar-refractivity contribution in [3.63, 3.8) is 0 Å². The Morgan fingerprint density at radius 3 is 1.85 bits per heavy atom. The normalized spacial score (nSPS) is 13.3. The highest BCUT2D eigenvalue weighted by molar-refractivity contribution is 7.46. The zero-order valence-corrected chi connectivity index (χ0v) is 8.76. The van der Waals surface area contributed by atoms with Crippen molar-refractivity contribution in [1.82, 2.24) is 16.0 Å². The van der Waals surface area contributed by atoms with Crippen LogP contribution in [0, 0.1) is 0 Å². The first-order chi connectivity index (χ1) is 5.89. The second-order valence-electron chi connectivity index (χ2n) is 2.42. The van der Waals surface area contributed by atoms with Crippen LogP contribution < -0.4 is 16.0 Å². The van der Waals surface area contributed by atoms with Gasteiger partial charge >= 0.3 is 7.82 Å². The lowest BCUT2D eigenvalue weighted by Crippen LogP contribution is -2.65. The van der Waals surface area contributed by atoms with Crippen LogP contribution in [0.3, 0.4) is 0 Å². The molecule has 13 heavy (non-hydrogen) atoms. The van der Waals surface area contributed by atoms with Crippen molar-refractivity contribution in [3.8, 4) is 0 Å². The maximum Gasteiger partial charge on any atom is 0.469 e. The average Bonchev–Trinajstić information content (AvgIpc) is 2.06. The molecule has 0 unspecified atom stereocenters. The molecule has 5 N–H and O–H groups in total. The molecule has 0 spiro atoms. The number of phosphoric acid groups is 1. The van der Waals surface area contributed by atoms with Crippen LogP contribution in [-0.4, -0.2) is 43.3 Å². The van der Waals surface area contributed by atoms with Gasteiger partial charge in [-0.1, -0.05) is 0 Å². The number of hydrogen-bond donors (Lipinski definition) is 5. The van der Waals surface area contributed by atoms with Gasteiger partial charge in [-0.15, -0.1) is 0 Å². The fraction of sp³-hybridized carbons (Fsp3) is 1.00. The topological polar surface area (TPSA) is 103 Å². The number of rotatable bonds is 6. The van der Waals surface area contributed by atoms with E-state index < -0.39 is 13.6 Å². The summed E-state index contributed by atoms with van der Waals surface area (Å²) in [6, 6.07) is 0. The summed E-state index contributed by atoms with van der Waals surface area (Å²) < 4.78 is 14.8. The maximum atomic E-state index is 10.4. The number of nitrogens with one attached hydrogen (secondary N) is 3. The van der Waals surface area contributed by atoms with Gasteiger partial charge in [-0.05, 0) is 21.1 Å². The molecular weight excluding hydrogens is 197 g/mol. The van der Waals surface area contributed by atoms with Gasteiger partial charge in [0.1, 0.15) is 12.4 Å². The van der Waals surface area contributed by atoms with Crippen molar-refractivity contribution in [3.05, 3.63) is 0 Å². The molecule has 0 rings (SSSR count). The summed E-state index contributed by atoms with van der Waals surface area (Å²) in [5.41, 5.74) is 0. The minimum Gasteiger partial charge on any atom is -0.303 e. The Morgan fingerprint density at radius 1 is 1.23 bits per heavy atom. The van der Waals surface area contributed by atoms with E-state index >= 15 is 0 Å². The Balaban J connectivity index is 4.19. The lowest BCUT2D eigenvalue weighted by atomic mass is 10.4.